The molecule has 0 atom stereocenters. The highest BCUT2D eigenvalue weighted by molar-refractivity contribution is 6.28. The van der Waals surface area contributed by atoms with E-state index in [1.54, 1.807) is 0 Å². The zero-order valence-corrected chi connectivity index (χ0v) is 44.0. The molecule has 0 unspecified atom stereocenters. The van der Waals surface area contributed by atoms with Gasteiger partial charge in [-0.2, -0.15) is 0 Å². The fourth-order valence-electron chi connectivity index (χ4n) is 11.1. The lowest BCUT2D eigenvalue weighted by Gasteiger charge is -2.29. The number of rotatable bonds is 6. The number of nitrogens with zero attached hydrogens (tertiary/aromatic N) is 3. The molecule has 0 saturated heterocycles. The summed E-state index contributed by atoms with van der Waals surface area (Å²) in [6.07, 6.45) is 0. The second kappa shape index (κ2) is 16.0. The van der Waals surface area contributed by atoms with Gasteiger partial charge >= 0.3 is 0 Å². The van der Waals surface area contributed by atoms with Gasteiger partial charge in [-0.3, -0.25) is 0 Å². The van der Waals surface area contributed by atoms with Crippen LogP contribution in [0.25, 0.3) is 70.8 Å². The lowest BCUT2D eigenvalue weighted by Crippen LogP contribution is -2.16. The van der Waals surface area contributed by atoms with Crippen molar-refractivity contribution in [2.45, 2.75) is 105 Å². The fourth-order valence-corrected chi connectivity index (χ4v) is 11.1. The molecule has 358 valence electrons. The normalized spacial score (nSPS) is 13.0. The molecule has 0 spiro atoms. The monoisotopic (exact) mass is 940 g/mol. The van der Waals surface area contributed by atoms with Crippen molar-refractivity contribution in [2.75, 3.05) is 9.80 Å². The molecule has 0 aliphatic heterocycles. The van der Waals surface area contributed by atoms with Crippen LogP contribution in [0.15, 0.2) is 180 Å². The highest BCUT2D eigenvalue weighted by Gasteiger charge is 2.26. The number of furan rings is 1. The van der Waals surface area contributed by atoms with Crippen LogP contribution in [0, 0.1) is 0 Å². The third-order valence-electron chi connectivity index (χ3n) is 15.3. The van der Waals surface area contributed by atoms with Crippen LogP contribution in [0.2, 0.25) is 0 Å². The van der Waals surface area contributed by atoms with Crippen LogP contribution in [0.1, 0.15) is 105 Å². The molecule has 72 heavy (non-hydrogen) atoms. The van der Waals surface area contributed by atoms with Gasteiger partial charge in [-0.15, -0.1) is 0 Å². The van der Waals surface area contributed by atoms with Crippen molar-refractivity contribution in [3.8, 4) is 0 Å². The SMILES string of the molecule is CC(C)(C)c1cccc(N(c2cccc(C(C)(C)C)c2)c2ccc3c(c2)oc2cc4c(ccc5c6cccc7c8ccc(N(c9cccc(C(C)(C)C)c9)c9cccc(C(C)(C)C)c9)cc8n(c45)c76)cc23)c1. The van der Waals surface area contributed by atoms with Crippen molar-refractivity contribution >= 4 is 105 Å². The van der Waals surface area contributed by atoms with E-state index in [0.29, 0.717) is 0 Å². The van der Waals surface area contributed by atoms with Crippen LogP contribution < -0.4 is 9.80 Å². The fraction of sp³-hybridized carbons (Fsp3) is 0.235. The van der Waals surface area contributed by atoms with Gasteiger partial charge in [0.2, 0.25) is 0 Å². The number of benzene rings is 9. The van der Waals surface area contributed by atoms with Gasteiger partial charge in [0.15, 0.2) is 0 Å². The predicted molar refractivity (Wildman–Crippen MR) is 310 cm³/mol. The lowest BCUT2D eigenvalue weighted by molar-refractivity contribution is 0.589. The molecular weight excluding hydrogens is 875 g/mol. The molecule has 0 radical (unpaired) electrons. The highest BCUT2D eigenvalue weighted by atomic mass is 16.3. The minimum absolute atomic E-state index is 0.000194. The average molecular weight is 940 g/mol. The van der Waals surface area contributed by atoms with Crippen LogP contribution in [0.3, 0.4) is 0 Å². The largest absolute Gasteiger partial charge is 0.456 e. The van der Waals surface area contributed by atoms with Crippen LogP contribution in [0.5, 0.6) is 0 Å². The van der Waals surface area contributed by atoms with Gasteiger partial charge < -0.3 is 18.6 Å². The highest BCUT2D eigenvalue weighted by Crippen LogP contribution is 2.47. The summed E-state index contributed by atoms with van der Waals surface area (Å²) in [4.78, 5) is 4.84. The van der Waals surface area contributed by atoms with Crippen molar-refractivity contribution in [1.82, 2.24) is 4.40 Å². The molecule has 12 aromatic rings. The molecule has 0 saturated carbocycles. The van der Waals surface area contributed by atoms with Gasteiger partial charge in [0.05, 0.1) is 16.6 Å². The van der Waals surface area contributed by atoms with Crippen LogP contribution in [0.4, 0.5) is 34.1 Å². The first-order valence-corrected chi connectivity index (χ1v) is 25.7. The molecule has 0 amide bonds. The molecule has 12 rings (SSSR count). The quantitative estimate of drug-likeness (QED) is 0.166. The van der Waals surface area contributed by atoms with Gasteiger partial charge in [-0.1, -0.05) is 168 Å². The number of fused-ring (bicyclic) bond motifs is 11. The van der Waals surface area contributed by atoms with Gasteiger partial charge in [0.25, 0.3) is 0 Å². The van der Waals surface area contributed by atoms with E-state index in [2.05, 4.69) is 273 Å². The summed E-state index contributed by atoms with van der Waals surface area (Å²) in [6.45, 7) is 27.5. The Bertz CT molecular complexity index is 3980. The Morgan fingerprint density at radius 3 is 1.17 bits per heavy atom. The third kappa shape index (κ3) is 7.49. The van der Waals surface area contributed by atoms with E-state index >= 15 is 0 Å². The molecule has 0 bridgehead atoms. The standard InChI is InChI=1S/C68H65N3O/c1-65(2,3)43-18-13-22-47(35-43)69(48-23-14-19-44(36-48)66(4,5)6)51-29-32-53-55-26-17-27-56-57-31-28-42-34-59-54-33-30-52(40-61(54)72-62(59)41-58(42)64(57)71(63(55)56)60(53)39-51)70(49-24-15-20-45(37-49)67(7,8)9)50-25-16-21-46(38-50)68(10,11)12/h13-41H,1-12H3. The Hall–Kier alpha value is -7.56. The summed E-state index contributed by atoms with van der Waals surface area (Å²) in [5.74, 6) is 0. The summed E-state index contributed by atoms with van der Waals surface area (Å²) < 4.78 is 9.57. The van der Waals surface area contributed by atoms with Crippen LogP contribution in [-0.2, 0) is 21.7 Å². The van der Waals surface area contributed by atoms with E-state index in [0.717, 1.165) is 56.1 Å². The smallest absolute Gasteiger partial charge is 0.137 e. The minimum Gasteiger partial charge on any atom is -0.456 e. The molecule has 4 nitrogen and oxygen atoms in total. The average Bonchev–Trinajstić information content (AvgIpc) is 3.99. The predicted octanol–water partition coefficient (Wildman–Crippen LogP) is 20.0. The van der Waals surface area contributed by atoms with Crippen molar-refractivity contribution < 1.29 is 4.42 Å². The van der Waals surface area contributed by atoms with Crippen LogP contribution in [-0.4, -0.2) is 4.40 Å². The molecule has 0 aliphatic carbocycles. The summed E-state index contributed by atoms with van der Waals surface area (Å²) in [5.41, 5.74) is 17.3. The first-order chi connectivity index (χ1) is 34.2. The van der Waals surface area contributed by atoms with Crippen molar-refractivity contribution in [3.63, 3.8) is 0 Å². The number of hydrogen-bond donors (Lipinski definition) is 0. The first-order valence-electron chi connectivity index (χ1n) is 25.7. The van der Waals surface area contributed by atoms with E-state index in [1.165, 1.54) is 71.1 Å². The molecule has 0 aliphatic rings. The summed E-state index contributed by atoms with van der Waals surface area (Å²) in [7, 11) is 0. The maximum Gasteiger partial charge on any atom is 0.137 e. The summed E-state index contributed by atoms with van der Waals surface area (Å²) in [6, 6.07) is 66.1. The number of hydrogen-bond acceptors (Lipinski definition) is 3. The molecule has 0 N–H and O–H groups in total. The molecule has 3 heterocycles. The third-order valence-corrected chi connectivity index (χ3v) is 15.3. The van der Waals surface area contributed by atoms with E-state index in [-0.39, 0.29) is 21.7 Å². The Kier molecular flexibility index (Phi) is 10.1. The Morgan fingerprint density at radius 1 is 0.306 bits per heavy atom. The molecule has 0 fully saturated rings. The van der Waals surface area contributed by atoms with Gasteiger partial charge in [-0.05, 0) is 134 Å². The Labute approximate surface area is 424 Å². The molecule has 3 aromatic heterocycles. The number of anilines is 6. The second-order valence-corrected chi connectivity index (χ2v) is 24.4. The minimum atomic E-state index is -0.00357. The van der Waals surface area contributed by atoms with E-state index in [1.807, 2.05) is 0 Å². The van der Waals surface area contributed by atoms with Crippen molar-refractivity contribution in [1.29, 1.82) is 0 Å². The van der Waals surface area contributed by atoms with Gasteiger partial charge in [0, 0.05) is 77.9 Å². The number of para-hydroxylation sites is 1. The molecule has 4 heteroatoms. The maximum atomic E-state index is 7.03. The summed E-state index contributed by atoms with van der Waals surface area (Å²) >= 11 is 0. The first kappa shape index (κ1) is 45.6. The zero-order valence-electron chi connectivity index (χ0n) is 44.0. The second-order valence-electron chi connectivity index (χ2n) is 24.4. The topological polar surface area (TPSA) is 24.0 Å². The van der Waals surface area contributed by atoms with Crippen molar-refractivity contribution in [3.05, 3.63) is 198 Å². The van der Waals surface area contributed by atoms with Gasteiger partial charge in [0.1, 0.15) is 11.2 Å². The molecular formula is C68H65N3O. The van der Waals surface area contributed by atoms with Gasteiger partial charge in [-0.25, -0.2) is 0 Å². The summed E-state index contributed by atoms with van der Waals surface area (Å²) in [5, 5.41) is 9.59. The van der Waals surface area contributed by atoms with E-state index in [4.69, 9.17) is 4.42 Å². The lowest BCUT2D eigenvalue weighted by atomic mass is 9.86. The Morgan fingerprint density at radius 2 is 0.681 bits per heavy atom. The van der Waals surface area contributed by atoms with Crippen LogP contribution >= 0.6 is 0 Å². The van der Waals surface area contributed by atoms with E-state index < -0.39 is 0 Å². The molecule has 9 aromatic carbocycles. The van der Waals surface area contributed by atoms with E-state index in [9.17, 15) is 0 Å². The maximum absolute atomic E-state index is 7.03. The zero-order chi connectivity index (χ0) is 50.2. The van der Waals surface area contributed by atoms with Crippen molar-refractivity contribution in [2.24, 2.45) is 0 Å². The Balaban J connectivity index is 1.06. The number of aromatic nitrogens is 1.